The van der Waals surface area contributed by atoms with Crippen molar-refractivity contribution in [3.63, 3.8) is 0 Å². The van der Waals surface area contributed by atoms with Crippen LogP contribution in [-0.4, -0.2) is 23.1 Å². The third-order valence-corrected chi connectivity index (χ3v) is 5.35. The Morgan fingerprint density at radius 1 is 1.10 bits per heavy atom. The number of nitrogens with zero attached hydrogens (tertiary/aromatic N) is 1. The number of hydrazine groups is 1. The summed E-state index contributed by atoms with van der Waals surface area (Å²) in [6.45, 7) is 4.68. The molecule has 0 amide bonds. The van der Waals surface area contributed by atoms with E-state index in [0.29, 0.717) is 24.0 Å². The fourth-order valence-electron chi connectivity index (χ4n) is 3.67. The summed E-state index contributed by atoms with van der Waals surface area (Å²) < 4.78 is 0. The highest BCUT2D eigenvalue weighted by molar-refractivity contribution is 6.31. The highest BCUT2D eigenvalue weighted by atomic mass is 35.5. The molecule has 1 saturated heterocycles. The zero-order valence-electron chi connectivity index (χ0n) is 12.5. The number of benzene rings is 1. The van der Waals surface area contributed by atoms with Gasteiger partial charge in [0.2, 0.25) is 0 Å². The van der Waals surface area contributed by atoms with Crippen LogP contribution in [0.3, 0.4) is 0 Å². The number of hydrogen-bond acceptors (Lipinski definition) is 2. The largest absolute Gasteiger partial charge is 0.252 e. The smallest absolute Gasteiger partial charge is 0.0440 e. The van der Waals surface area contributed by atoms with E-state index >= 15 is 0 Å². The van der Waals surface area contributed by atoms with E-state index in [4.69, 9.17) is 11.6 Å². The van der Waals surface area contributed by atoms with Crippen LogP contribution in [0.25, 0.3) is 0 Å². The maximum absolute atomic E-state index is 6.29. The highest BCUT2D eigenvalue weighted by Crippen LogP contribution is 2.40. The van der Waals surface area contributed by atoms with Gasteiger partial charge in [0.25, 0.3) is 0 Å². The second-order valence-electron chi connectivity index (χ2n) is 6.55. The van der Waals surface area contributed by atoms with Crippen molar-refractivity contribution in [3.8, 4) is 0 Å². The average Bonchev–Trinajstić information content (AvgIpc) is 2.37. The van der Waals surface area contributed by atoms with Gasteiger partial charge in [0.05, 0.1) is 0 Å². The van der Waals surface area contributed by atoms with E-state index in [1.807, 2.05) is 12.1 Å². The molecule has 1 aliphatic heterocycles. The number of hydrogen-bond donors (Lipinski definition) is 1. The molecule has 3 rings (SSSR count). The van der Waals surface area contributed by atoms with E-state index in [9.17, 15) is 0 Å². The van der Waals surface area contributed by atoms with Crippen molar-refractivity contribution >= 4 is 11.6 Å². The molecule has 0 radical (unpaired) electrons. The monoisotopic (exact) mass is 292 g/mol. The van der Waals surface area contributed by atoms with Gasteiger partial charge >= 0.3 is 0 Å². The van der Waals surface area contributed by atoms with Gasteiger partial charge in [0.15, 0.2) is 0 Å². The van der Waals surface area contributed by atoms with E-state index in [1.165, 1.54) is 37.7 Å². The topological polar surface area (TPSA) is 15.3 Å². The summed E-state index contributed by atoms with van der Waals surface area (Å²) in [5.74, 6) is 0.636. The van der Waals surface area contributed by atoms with Gasteiger partial charge in [0.1, 0.15) is 0 Å². The molecule has 1 aliphatic carbocycles. The molecule has 2 aliphatic rings. The maximum atomic E-state index is 6.29. The van der Waals surface area contributed by atoms with Crippen LogP contribution < -0.4 is 5.43 Å². The second kappa shape index (κ2) is 6.05. The Balaban J connectivity index is 1.54. The molecule has 1 saturated carbocycles. The van der Waals surface area contributed by atoms with Crippen molar-refractivity contribution in [2.45, 2.75) is 70.0 Å². The second-order valence-corrected chi connectivity index (χ2v) is 6.96. The summed E-state index contributed by atoms with van der Waals surface area (Å²) in [5.41, 5.74) is 5.09. The number of nitrogens with one attached hydrogen (secondary N) is 1. The van der Waals surface area contributed by atoms with Crippen LogP contribution in [0.5, 0.6) is 0 Å². The van der Waals surface area contributed by atoms with Gasteiger partial charge < -0.3 is 0 Å². The van der Waals surface area contributed by atoms with Crippen LogP contribution in [-0.2, 0) is 0 Å². The summed E-state index contributed by atoms with van der Waals surface area (Å²) >= 11 is 6.29. The molecule has 0 aromatic heterocycles. The molecule has 2 fully saturated rings. The first-order chi connectivity index (χ1) is 9.65. The van der Waals surface area contributed by atoms with Crippen molar-refractivity contribution in [3.05, 3.63) is 34.9 Å². The van der Waals surface area contributed by atoms with Crippen LogP contribution in [0, 0.1) is 0 Å². The lowest BCUT2D eigenvalue weighted by Gasteiger charge is -2.46. The van der Waals surface area contributed by atoms with Gasteiger partial charge in [-0.05, 0) is 57.1 Å². The molecule has 20 heavy (non-hydrogen) atoms. The van der Waals surface area contributed by atoms with Crippen LogP contribution in [0.15, 0.2) is 24.3 Å². The molecule has 0 spiro atoms. The lowest BCUT2D eigenvalue weighted by molar-refractivity contribution is 0.0107. The molecular weight excluding hydrogens is 268 g/mol. The molecule has 2 nitrogen and oxygen atoms in total. The normalized spacial score (nSPS) is 34.8. The van der Waals surface area contributed by atoms with Crippen molar-refractivity contribution < 1.29 is 0 Å². The van der Waals surface area contributed by atoms with E-state index in [-0.39, 0.29) is 0 Å². The minimum atomic E-state index is 0.624. The average molecular weight is 293 g/mol. The molecule has 110 valence electrons. The first-order valence-corrected chi connectivity index (χ1v) is 8.32. The van der Waals surface area contributed by atoms with Crippen LogP contribution in [0.2, 0.25) is 5.02 Å². The predicted octanol–water partition coefficient (Wildman–Crippen LogP) is 4.35. The SMILES string of the molecule is CC1CCCC(C)N1NC1CC(c2ccccc2Cl)C1. The first kappa shape index (κ1) is 14.4. The van der Waals surface area contributed by atoms with Crippen LogP contribution in [0.1, 0.15) is 57.4 Å². The number of rotatable bonds is 3. The molecule has 1 heterocycles. The molecule has 1 N–H and O–H groups in total. The number of halogens is 1. The standard InChI is InChI=1S/C17H25ClN2/c1-12-6-5-7-13(2)20(12)19-15-10-14(11-15)16-8-3-4-9-17(16)18/h3-4,8-9,12-15,19H,5-7,10-11H2,1-2H3. The third-order valence-electron chi connectivity index (χ3n) is 5.01. The molecule has 1 aromatic carbocycles. The molecule has 3 heteroatoms. The van der Waals surface area contributed by atoms with Gasteiger partial charge in [-0.15, -0.1) is 0 Å². The van der Waals surface area contributed by atoms with Crippen molar-refractivity contribution in [2.75, 3.05) is 0 Å². The van der Waals surface area contributed by atoms with Gasteiger partial charge in [-0.1, -0.05) is 36.2 Å². The van der Waals surface area contributed by atoms with E-state index in [1.54, 1.807) is 0 Å². The Bertz CT molecular complexity index is 446. The summed E-state index contributed by atoms with van der Waals surface area (Å²) in [6, 6.07) is 10.2. The van der Waals surface area contributed by atoms with Crippen LogP contribution in [0.4, 0.5) is 0 Å². The molecule has 2 unspecified atom stereocenters. The summed E-state index contributed by atoms with van der Waals surface area (Å²) in [5, 5.41) is 3.42. The molecule has 0 bridgehead atoms. The van der Waals surface area contributed by atoms with Crippen molar-refractivity contribution in [2.24, 2.45) is 0 Å². The van der Waals surface area contributed by atoms with Gasteiger partial charge in [-0.3, -0.25) is 5.43 Å². The van der Waals surface area contributed by atoms with Gasteiger partial charge in [-0.25, -0.2) is 5.01 Å². The fraction of sp³-hybridized carbons (Fsp3) is 0.647. The van der Waals surface area contributed by atoms with E-state index in [2.05, 4.69) is 36.4 Å². The molecular formula is C17H25ClN2. The van der Waals surface area contributed by atoms with Gasteiger partial charge in [-0.2, -0.15) is 0 Å². The fourth-order valence-corrected chi connectivity index (χ4v) is 3.96. The summed E-state index contributed by atoms with van der Waals surface area (Å²) in [7, 11) is 0. The highest BCUT2D eigenvalue weighted by Gasteiger charge is 2.35. The lowest BCUT2D eigenvalue weighted by Crippen LogP contribution is -2.58. The van der Waals surface area contributed by atoms with Crippen molar-refractivity contribution in [1.29, 1.82) is 0 Å². The maximum Gasteiger partial charge on any atom is 0.0440 e. The number of piperidine rings is 1. The van der Waals surface area contributed by atoms with E-state index in [0.717, 1.165) is 5.02 Å². The third kappa shape index (κ3) is 2.88. The van der Waals surface area contributed by atoms with Crippen molar-refractivity contribution in [1.82, 2.24) is 10.4 Å². The molecule has 1 aromatic rings. The van der Waals surface area contributed by atoms with Gasteiger partial charge in [0, 0.05) is 23.1 Å². The minimum Gasteiger partial charge on any atom is -0.252 e. The van der Waals surface area contributed by atoms with E-state index < -0.39 is 0 Å². The Hall–Kier alpha value is -0.570. The lowest BCUT2D eigenvalue weighted by atomic mass is 9.76. The summed E-state index contributed by atoms with van der Waals surface area (Å²) in [4.78, 5) is 0. The van der Waals surface area contributed by atoms with Crippen LogP contribution >= 0.6 is 11.6 Å². The first-order valence-electron chi connectivity index (χ1n) is 7.94. The Labute approximate surface area is 127 Å². The quantitative estimate of drug-likeness (QED) is 0.891. The summed E-state index contributed by atoms with van der Waals surface area (Å²) in [6.07, 6.45) is 6.42. The Morgan fingerprint density at radius 3 is 2.40 bits per heavy atom. The predicted molar refractivity (Wildman–Crippen MR) is 85.0 cm³/mol. The Morgan fingerprint density at radius 2 is 1.75 bits per heavy atom. The Kier molecular flexibility index (Phi) is 4.34. The zero-order chi connectivity index (χ0) is 14.1. The zero-order valence-corrected chi connectivity index (χ0v) is 13.2. The molecule has 2 atom stereocenters. The minimum absolute atomic E-state index is 0.624.